The van der Waals surface area contributed by atoms with Gasteiger partial charge in [0.15, 0.2) is 5.82 Å². The monoisotopic (exact) mass is 156 g/mol. The largest absolute Gasteiger partial charge is 0.206 e. The van der Waals surface area contributed by atoms with Crippen molar-refractivity contribution in [3.63, 3.8) is 0 Å². The lowest BCUT2D eigenvalue weighted by Crippen LogP contribution is -1.91. The van der Waals surface area contributed by atoms with Gasteiger partial charge in [0.05, 0.1) is 6.07 Å². The molecule has 0 heterocycles. The molecule has 1 aromatic carbocycles. The van der Waals surface area contributed by atoms with Gasteiger partial charge < -0.3 is 0 Å². The van der Waals surface area contributed by atoms with Gasteiger partial charge in [-0.2, -0.15) is 5.26 Å². The second-order valence-corrected chi connectivity index (χ2v) is 1.77. The van der Waals surface area contributed by atoms with E-state index in [0.717, 1.165) is 0 Å². The van der Waals surface area contributed by atoms with Gasteiger partial charge in [0.25, 0.3) is 0 Å². The molecule has 0 unspecified atom stereocenters. The third-order valence-corrected chi connectivity index (χ3v) is 1.05. The normalized spacial score (nSPS) is 9.27. The summed E-state index contributed by atoms with van der Waals surface area (Å²) in [7, 11) is 0. The Labute approximate surface area is 60.7 Å². The molecule has 0 aliphatic heterocycles. The highest BCUT2D eigenvalue weighted by atomic mass is 19.1. The molecule has 1 radical (unpaired) electrons. The van der Waals surface area contributed by atoms with E-state index in [2.05, 4.69) is 0 Å². The second kappa shape index (κ2) is 2.62. The van der Waals surface area contributed by atoms with E-state index in [-0.39, 0.29) is 0 Å². The van der Waals surface area contributed by atoms with Crippen LogP contribution in [-0.4, -0.2) is 0 Å². The van der Waals surface area contributed by atoms with Gasteiger partial charge in [0.1, 0.15) is 23.3 Å². The summed E-state index contributed by atoms with van der Waals surface area (Å²) in [5.41, 5.74) is -0.814. The molecule has 4 heteroatoms. The Bertz CT molecular complexity index is 304. The fraction of sp³-hybridized carbons (Fsp3) is 0. The van der Waals surface area contributed by atoms with E-state index in [4.69, 9.17) is 5.26 Å². The Balaban J connectivity index is 3.40. The molecule has 1 rings (SSSR count). The molecule has 0 amide bonds. The van der Waals surface area contributed by atoms with Crippen molar-refractivity contribution in [3.05, 3.63) is 35.1 Å². The number of rotatable bonds is 0. The van der Waals surface area contributed by atoms with Gasteiger partial charge >= 0.3 is 0 Å². The summed E-state index contributed by atoms with van der Waals surface area (Å²) in [6.45, 7) is 0. The number of halogens is 3. The Kier molecular flexibility index (Phi) is 1.81. The topological polar surface area (TPSA) is 23.8 Å². The van der Waals surface area contributed by atoms with Crippen LogP contribution >= 0.6 is 0 Å². The van der Waals surface area contributed by atoms with Gasteiger partial charge in [-0.15, -0.1) is 0 Å². The predicted octanol–water partition coefficient (Wildman–Crippen LogP) is 1.78. The van der Waals surface area contributed by atoms with Gasteiger partial charge in [-0.1, -0.05) is 0 Å². The summed E-state index contributed by atoms with van der Waals surface area (Å²) in [6.07, 6.45) is 0. The molecule has 0 saturated heterocycles. The highest BCUT2D eigenvalue weighted by Crippen LogP contribution is 2.11. The van der Waals surface area contributed by atoms with E-state index in [9.17, 15) is 13.2 Å². The lowest BCUT2D eigenvalue weighted by atomic mass is 10.2. The zero-order chi connectivity index (χ0) is 8.43. The van der Waals surface area contributed by atoms with E-state index >= 15 is 0 Å². The minimum atomic E-state index is -1.30. The Hall–Kier alpha value is -1.50. The summed E-state index contributed by atoms with van der Waals surface area (Å²) >= 11 is 0. The molecule has 0 fully saturated rings. The lowest BCUT2D eigenvalue weighted by molar-refractivity contribution is 0.536. The van der Waals surface area contributed by atoms with Crippen LogP contribution in [0, 0.1) is 34.8 Å². The van der Waals surface area contributed by atoms with Crippen LogP contribution in [0.5, 0.6) is 0 Å². The molecule has 55 valence electrons. The number of nitriles is 1. The highest BCUT2D eigenvalue weighted by molar-refractivity contribution is 5.31. The van der Waals surface area contributed by atoms with Gasteiger partial charge in [-0.25, -0.2) is 13.2 Å². The third kappa shape index (κ3) is 1.32. The van der Waals surface area contributed by atoms with Crippen LogP contribution in [-0.2, 0) is 0 Å². The van der Waals surface area contributed by atoms with Crippen LogP contribution in [0.4, 0.5) is 13.2 Å². The van der Waals surface area contributed by atoms with Crippen molar-refractivity contribution in [1.82, 2.24) is 0 Å². The molecule has 0 atom stereocenters. The maximum Gasteiger partial charge on any atom is 0.154 e. The first-order chi connectivity index (χ1) is 5.15. The van der Waals surface area contributed by atoms with Crippen molar-refractivity contribution in [2.45, 2.75) is 0 Å². The van der Waals surface area contributed by atoms with Crippen molar-refractivity contribution >= 4 is 0 Å². The molecule has 0 aromatic heterocycles. The smallest absolute Gasteiger partial charge is 0.154 e. The fourth-order valence-electron chi connectivity index (χ4n) is 0.594. The Morgan fingerprint density at radius 1 is 1.36 bits per heavy atom. The van der Waals surface area contributed by atoms with E-state index < -0.39 is 23.0 Å². The molecule has 0 aliphatic rings. The summed E-state index contributed by atoms with van der Waals surface area (Å²) < 4.78 is 36.8. The van der Waals surface area contributed by atoms with Crippen LogP contribution in [0.25, 0.3) is 0 Å². The zero-order valence-corrected chi connectivity index (χ0v) is 5.16. The van der Waals surface area contributed by atoms with Crippen LogP contribution in [0.1, 0.15) is 5.56 Å². The lowest BCUT2D eigenvalue weighted by Gasteiger charge is -1.93. The van der Waals surface area contributed by atoms with Gasteiger partial charge in [-0.3, -0.25) is 0 Å². The summed E-state index contributed by atoms with van der Waals surface area (Å²) in [4.78, 5) is 0. The van der Waals surface area contributed by atoms with Crippen LogP contribution in [0.2, 0.25) is 0 Å². The molecule has 1 nitrogen and oxygen atoms in total. The van der Waals surface area contributed by atoms with E-state index in [0.29, 0.717) is 6.07 Å². The Morgan fingerprint density at radius 2 is 2.00 bits per heavy atom. The summed E-state index contributed by atoms with van der Waals surface area (Å²) in [5.74, 6) is -3.66. The average Bonchev–Trinajstić information content (AvgIpc) is 1.85. The van der Waals surface area contributed by atoms with Crippen LogP contribution in [0.3, 0.4) is 0 Å². The van der Waals surface area contributed by atoms with Crippen molar-refractivity contribution in [2.75, 3.05) is 0 Å². The quantitative estimate of drug-likeness (QED) is 0.561. The van der Waals surface area contributed by atoms with E-state index in [1.54, 1.807) is 0 Å². The van der Waals surface area contributed by atoms with Crippen LogP contribution in [0.15, 0.2) is 6.07 Å². The first kappa shape index (κ1) is 7.61. The molecule has 0 saturated carbocycles. The van der Waals surface area contributed by atoms with Crippen molar-refractivity contribution in [2.24, 2.45) is 0 Å². The van der Waals surface area contributed by atoms with Crippen molar-refractivity contribution in [1.29, 1.82) is 5.26 Å². The summed E-state index contributed by atoms with van der Waals surface area (Å²) in [5, 5.41) is 8.12. The van der Waals surface area contributed by atoms with Gasteiger partial charge in [0.2, 0.25) is 0 Å². The summed E-state index contributed by atoms with van der Waals surface area (Å²) in [6, 6.07) is 3.18. The number of hydrogen-bond donors (Lipinski definition) is 0. The molecule has 0 aliphatic carbocycles. The number of hydrogen-bond acceptors (Lipinski definition) is 1. The maximum atomic E-state index is 12.4. The minimum Gasteiger partial charge on any atom is -0.206 e. The predicted molar refractivity (Wildman–Crippen MR) is 29.9 cm³/mol. The molecular formula is C7HF3N. The third-order valence-electron chi connectivity index (χ3n) is 1.05. The molecule has 0 N–H and O–H groups in total. The van der Waals surface area contributed by atoms with E-state index in [1.807, 2.05) is 0 Å². The van der Waals surface area contributed by atoms with Crippen molar-refractivity contribution in [3.8, 4) is 6.07 Å². The molecule has 0 spiro atoms. The molecule has 1 aromatic rings. The SMILES string of the molecule is N#Cc1c(F)[c]c(F)cc1F. The standard InChI is InChI=1S/C7HF3N/c8-4-1-6(9)5(3-11)7(10)2-4/h1H. The molecule has 11 heavy (non-hydrogen) atoms. The zero-order valence-electron chi connectivity index (χ0n) is 5.16. The number of benzene rings is 1. The Morgan fingerprint density at radius 3 is 2.45 bits per heavy atom. The minimum absolute atomic E-state index is 0.404. The molecule has 0 bridgehead atoms. The van der Waals surface area contributed by atoms with Crippen molar-refractivity contribution < 1.29 is 13.2 Å². The average molecular weight is 156 g/mol. The van der Waals surface area contributed by atoms with Gasteiger partial charge in [-0.05, 0) is 0 Å². The first-order valence-corrected chi connectivity index (χ1v) is 2.62. The van der Waals surface area contributed by atoms with Gasteiger partial charge in [0, 0.05) is 6.07 Å². The number of nitrogens with zero attached hydrogens (tertiary/aromatic N) is 1. The first-order valence-electron chi connectivity index (χ1n) is 2.62. The maximum absolute atomic E-state index is 12.4. The van der Waals surface area contributed by atoms with Crippen LogP contribution < -0.4 is 0 Å². The fourth-order valence-corrected chi connectivity index (χ4v) is 0.594. The second-order valence-electron chi connectivity index (χ2n) is 1.77. The molecular weight excluding hydrogens is 155 g/mol. The van der Waals surface area contributed by atoms with E-state index in [1.165, 1.54) is 12.1 Å². The highest BCUT2D eigenvalue weighted by Gasteiger charge is 2.10.